The fourth-order valence-corrected chi connectivity index (χ4v) is 3.22. The van der Waals surface area contributed by atoms with Crippen LogP contribution in [-0.2, 0) is 4.74 Å². The van der Waals surface area contributed by atoms with Crippen molar-refractivity contribution in [1.82, 2.24) is 14.9 Å². The van der Waals surface area contributed by atoms with Gasteiger partial charge in [0.2, 0.25) is 5.95 Å². The van der Waals surface area contributed by atoms with Crippen molar-refractivity contribution in [2.24, 2.45) is 0 Å². The summed E-state index contributed by atoms with van der Waals surface area (Å²) in [5.74, 6) is 0.683. The van der Waals surface area contributed by atoms with Gasteiger partial charge < -0.3 is 10.1 Å². The first kappa shape index (κ1) is 13.5. The van der Waals surface area contributed by atoms with Crippen LogP contribution < -0.4 is 5.32 Å². The van der Waals surface area contributed by atoms with Gasteiger partial charge in [-0.15, -0.1) is 11.3 Å². The summed E-state index contributed by atoms with van der Waals surface area (Å²) in [6, 6.07) is 6.47. The SMILES string of the molecule is c1cnc(NC[C@H](c2cccs2)N2CCOCC2)nc1. The molecule has 0 unspecified atom stereocenters. The zero-order chi connectivity index (χ0) is 13.6. The number of thiophene rings is 1. The van der Waals surface area contributed by atoms with Crippen molar-refractivity contribution in [2.45, 2.75) is 6.04 Å². The Kier molecular flexibility index (Phi) is 4.57. The first-order valence-corrected chi connectivity index (χ1v) is 7.67. The first-order chi connectivity index (χ1) is 9.93. The first-order valence-electron chi connectivity index (χ1n) is 6.79. The molecule has 3 heterocycles. The lowest BCUT2D eigenvalue weighted by molar-refractivity contribution is 0.0193. The molecule has 106 valence electrons. The van der Waals surface area contributed by atoms with E-state index in [0.29, 0.717) is 12.0 Å². The van der Waals surface area contributed by atoms with Crippen molar-refractivity contribution in [3.63, 3.8) is 0 Å². The van der Waals surface area contributed by atoms with Crippen LogP contribution in [0.4, 0.5) is 5.95 Å². The molecule has 1 aliphatic heterocycles. The molecule has 0 spiro atoms. The van der Waals surface area contributed by atoms with Gasteiger partial charge in [0.05, 0.1) is 19.3 Å². The van der Waals surface area contributed by atoms with Gasteiger partial charge >= 0.3 is 0 Å². The Labute approximate surface area is 122 Å². The minimum atomic E-state index is 0.350. The second-order valence-electron chi connectivity index (χ2n) is 4.63. The molecule has 0 amide bonds. The maximum atomic E-state index is 5.45. The van der Waals surface area contributed by atoms with Crippen molar-refractivity contribution in [2.75, 3.05) is 38.2 Å². The predicted octanol–water partition coefficient (Wildman–Crippen LogP) is 2.02. The van der Waals surface area contributed by atoms with Crippen molar-refractivity contribution in [1.29, 1.82) is 0 Å². The average molecular weight is 290 g/mol. The number of anilines is 1. The van der Waals surface area contributed by atoms with E-state index in [-0.39, 0.29) is 0 Å². The zero-order valence-electron chi connectivity index (χ0n) is 11.2. The number of morpholine rings is 1. The van der Waals surface area contributed by atoms with E-state index >= 15 is 0 Å². The Morgan fingerprint density at radius 3 is 2.75 bits per heavy atom. The number of ether oxygens (including phenoxy) is 1. The number of nitrogens with one attached hydrogen (secondary N) is 1. The van der Waals surface area contributed by atoms with Crippen LogP contribution in [0.1, 0.15) is 10.9 Å². The van der Waals surface area contributed by atoms with E-state index in [4.69, 9.17) is 4.74 Å². The summed E-state index contributed by atoms with van der Waals surface area (Å²) in [6.07, 6.45) is 3.51. The van der Waals surface area contributed by atoms with Gasteiger partial charge in [-0.1, -0.05) is 6.07 Å². The van der Waals surface area contributed by atoms with Gasteiger partial charge in [0.25, 0.3) is 0 Å². The van der Waals surface area contributed by atoms with Gasteiger partial charge in [0.1, 0.15) is 0 Å². The Morgan fingerprint density at radius 1 is 1.25 bits per heavy atom. The lowest BCUT2D eigenvalue weighted by atomic mass is 10.2. The predicted molar refractivity (Wildman–Crippen MR) is 80.0 cm³/mol. The fraction of sp³-hybridized carbons (Fsp3) is 0.429. The summed E-state index contributed by atoms with van der Waals surface area (Å²) in [5, 5.41) is 5.46. The molecular weight excluding hydrogens is 272 g/mol. The van der Waals surface area contributed by atoms with Crippen LogP contribution in [0.15, 0.2) is 36.0 Å². The molecule has 2 aromatic rings. The van der Waals surface area contributed by atoms with Crippen molar-refractivity contribution in [3.8, 4) is 0 Å². The monoisotopic (exact) mass is 290 g/mol. The molecule has 0 aliphatic carbocycles. The summed E-state index contributed by atoms with van der Waals surface area (Å²) in [7, 11) is 0. The third-order valence-electron chi connectivity index (χ3n) is 3.38. The van der Waals surface area contributed by atoms with Crippen LogP contribution in [0.2, 0.25) is 0 Å². The second kappa shape index (κ2) is 6.78. The number of aromatic nitrogens is 2. The fourth-order valence-electron chi connectivity index (χ4n) is 2.36. The standard InChI is InChI=1S/C14H18N4OS/c1-3-13(20-10-1)12(18-6-8-19-9-7-18)11-17-14-15-4-2-5-16-14/h1-5,10,12H,6-9,11H2,(H,15,16,17)/t12-/m1/s1. The van der Waals surface area contributed by atoms with Crippen LogP contribution >= 0.6 is 11.3 Å². The van der Waals surface area contributed by atoms with Gasteiger partial charge in [0.15, 0.2) is 0 Å². The third-order valence-corrected chi connectivity index (χ3v) is 4.35. The van der Waals surface area contributed by atoms with E-state index in [1.807, 2.05) is 6.07 Å². The summed E-state index contributed by atoms with van der Waals surface area (Å²) in [5.41, 5.74) is 0. The highest BCUT2D eigenvalue weighted by atomic mass is 32.1. The summed E-state index contributed by atoms with van der Waals surface area (Å²) in [4.78, 5) is 12.3. The van der Waals surface area contributed by atoms with E-state index in [0.717, 1.165) is 32.8 Å². The molecule has 3 rings (SSSR count). The summed E-state index contributed by atoms with van der Waals surface area (Å²) >= 11 is 1.80. The van der Waals surface area contributed by atoms with Crippen molar-refractivity contribution < 1.29 is 4.74 Å². The smallest absolute Gasteiger partial charge is 0.222 e. The lowest BCUT2D eigenvalue weighted by Crippen LogP contribution is -2.41. The van der Waals surface area contributed by atoms with Crippen LogP contribution in [-0.4, -0.2) is 47.7 Å². The third kappa shape index (κ3) is 3.33. The Balaban J connectivity index is 1.69. The molecule has 0 bridgehead atoms. The molecule has 0 saturated carbocycles. The van der Waals surface area contributed by atoms with Crippen LogP contribution in [0.3, 0.4) is 0 Å². The maximum Gasteiger partial charge on any atom is 0.222 e. The van der Waals surface area contributed by atoms with Gasteiger partial charge in [0, 0.05) is 36.9 Å². The van der Waals surface area contributed by atoms with Crippen LogP contribution in [0, 0.1) is 0 Å². The van der Waals surface area contributed by atoms with E-state index in [2.05, 4.69) is 37.7 Å². The molecule has 6 heteroatoms. The highest BCUT2D eigenvalue weighted by Crippen LogP contribution is 2.26. The zero-order valence-corrected chi connectivity index (χ0v) is 12.1. The molecule has 2 aromatic heterocycles. The lowest BCUT2D eigenvalue weighted by Gasteiger charge is -2.34. The van der Waals surface area contributed by atoms with E-state index < -0.39 is 0 Å². The van der Waals surface area contributed by atoms with Gasteiger partial charge in [-0.2, -0.15) is 0 Å². The number of nitrogens with zero attached hydrogens (tertiary/aromatic N) is 3. The molecule has 1 atom stereocenters. The Morgan fingerprint density at radius 2 is 2.05 bits per heavy atom. The summed E-state index contributed by atoms with van der Waals surface area (Å²) in [6.45, 7) is 4.37. The van der Waals surface area contributed by atoms with Crippen LogP contribution in [0.5, 0.6) is 0 Å². The van der Waals surface area contributed by atoms with E-state index in [1.165, 1.54) is 4.88 Å². The molecule has 1 fully saturated rings. The minimum absolute atomic E-state index is 0.350. The summed E-state index contributed by atoms with van der Waals surface area (Å²) < 4.78 is 5.45. The molecule has 0 aromatic carbocycles. The molecule has 1 aliphatic rings. The highest BCUT2D eigenvalue weighted by molar-refractivity contribution is 7.10. The molecular formula is C14H18N4OS. The van der Waals surface area contributed by atoms with Crippen LogP contribution in [0.25, 0.3) is 0 Å². The van der Waals surface area contributed by atoms with E-state index in [1.54, 1.807) is 23.7 Å². The maximum absolute atomic E-state index is 5.45. The Hall–Kier alpha value is -1.50. The molecule has 1 N–H and O–H groups in total. The molecule has 1 saturated heterocycles. The van der Waals surface area contributed by atoms with E-state index in [9.17, 15) is 0 Å². The average Bonchev–Trinajstić information content (AvgIpc) is 3.04. The molecule has 5 nitrogen and oxygen atoms in total. The number of rotatable bonds is 5. The Bertz CT molecular complexity index is 499. The second-order valence-corrected chi connectivity index (χ2v) is 5.61. The van der Waals surface area contributed by atoms with Crippen molar-refractivity contribution in [3.05, 3.63) is 40.8 Å². The molecule has 0 radical (unpaired) electrons. The normalized spacial score (nSPS) is 17.8. The largest absolute Gasteiger partial charge is 0.379 e. The highest BCUT2D eigenvalue weighted by Gasteiger charge is 2.23. The van der Waals surface area contributed by atoms with Gasteiger partial charge in [-0.25, -0.2) is 9.97 Å². The van der Waals surface area contributed by atoms with Crippen molar-refractivity contribution >= 4 is 17.3 Å². The van der Waals surface area contributed by atoms with Gasteiger partial charge in [-0.05, 0) is 17.5 Å². The number of hydrogen-bond acceptors (Lipinski definition) is 6. The van der Waals surface area contributed by atoms with Gasteiger partial charge in [-0.3, -0.25) is 4.90 Å². The number of hydrogen-bond donors (Lipinski definition) is 1. The minimum Gasteiger partial charge on any atom is -0.379 e. The quantitative estimate of drug-likeness (QED) is 0.913. The molecule has 20 heavy (non-hydrogen) atoms. The topological polar surface area (TPSA) is 50.3 Å².